The van der Waals surface area contributed by atoms with E-state index in [1.807, 2.05) is 0 Å². The molecule has 1 fully saturated rings. The second-order valence-corrected chi connectivity index (χ2v) is 6.53. The number of nitrogens with one attached hydrogen (secondary N) is 1. The highest BCUT2D eigenvalue weighted by Gasteiger charge is 2.36. The summed E-state index contributed by atoms with van der Waals surface area (Å²) in [6.07, 6.45) is 4.14. The molecule has 2 N–H and O–H groups in total. The van der Waals surface area contributed by atoms with Crippen LogP contribution in [-0.4, -0.2) is 37.5 Å². The largest absolute Gasteiger partial charge is 0.389 e. The van der Waals surface area contributed by atoms with Crippen molar-refractivity contribution in [1.82, 2.24) is 5.32 Å². The molecule has 0 aromatic heterocycles. The summed E-state index contributed by atoms with van der Waals surface area (Å²) < 4.78 is 4.98. The molecular weight excluding hydrogens is 214 g/mol. The van der Waals surface area contributed by atoms with Crippen molar-refractivity contribution in [2.75, 3.05) is 26.8 Å². The van der Waals surface area contributed by atoms with E-state index >= 15 is 0 Å². The molecule has 0 unspecified atom stereocenters. The van der Waals surface area contributed by atoms with E-state index in [9.17, 15) is 5.11 Å². The zero-order valence-electron chi connectivity index (χ0n) is 11.9. The van der Waals surface area contributed by atoms with Gasteiger partial charge in [-0.25, -0.2) is 0 Å². The summed E-state index contributed by atoms with van der Waals surface area (Å²) in [5, 5.41) is 13.7. The fourth-order valence-electron chi connectivity index (χ4n) is 2.69. The summed E-state index contributed by atoms with van der Waals surface area (Å²) in [7, 11) is 1.70. The number of hydrogen-bond donors (Lipinski definition) is 2. The molecule has 0 bridgehead atoms. The number of methoxy groups -OCH3 is 1. The van der Waals surface area contributed by atoms with Gasteiger partial charge in [0.25, 0.3) is 0 Å². The van der Waals surface area contributed by atoms with Crippen LogP contribution in [0, 0.1) is 11.3 Å². The van der Waals surface area contributed by atoms with Gasteiger partial charge in [-0.3, -0.25) is 0 Å². The monoisotopic (exact) mass is 243 g/mol. The minimum Gasteiger partial charge on any atom is -0.389 e. The second-order valence-electron chi connectivity index (χ2n) is 6.53. The first-order chi connectivity index (χ1) is 7.87. The van der Waals surface area contributed by atoms with Crippen LogP contribution in [0.15, 0.2) is 0 Å². The third-order valence-electron chi connectivity index (χ3n) is 4.08. The molecule has 0 spiro atoms. The topological polar surface area (TPSA) is 41.5 Å². The molecule has 0 heterocycles. The highest BCUT2D eigenvalue weighted by molar-refractivity contribution is 4.90. The summed E-state index contributed by atoms with van der Waals surface area (Å²) in [5.41, 5.74) is -0.111. The van der Waals surface area contributed by atoms with Crippen LogP contribution in [0.1, 0.15) is 46.5 Å². The molecule has 1 saturated carbocycles. The van der Waals surface area contributed by atoms with Crippen LogP contribution < -0.4 is 5.32 Å². The molecule has 0 saturated heterocycles. The maximum absolute atomic E-state index is 10.5. The van der Waals surface area contributed by atoms with Crippen LogP contribution in [0.2, 0.25) is 0 Å². The summed E-state index contributed by atoms with van der Waals surface area (Å²) in [4.78, 5) is 0. The molecule has 0 aromatic carbocycles. The molecule has 0 radical (unpaired) electrons. The van der Waals surface area contributed by atoms with Gasteiger partial charge in [0.05, 0.1) is 12.2 Å². The van der Waals surface area contributed by atoms with Crippen LogP contribution in [0.5, 0.6) is 0 Å². The van der Waals surface area contributed by atoms with Crippen molar-refractivity contribution < 1.29 is 9.84 Å². The average molecular weight is 243 g/mol. The minimum absolute atomic E-state index is 0.380. The number of rotatable bonds is 5. The Kier molecular flexibility index (Phi) is 5.42. The Balaban J connectivity index is 2.29. The van der Waals surface area contributed by atoms with Crippen molar-refractivity contribution in [3.63, 3.8) is 0 Å². The average Bonchev–Trinajstić information content (AvgIpc) is 2.24. The quantitative estimate of drug-likeness (QED) is 0.727. The molecule has 1 rings (SSSR count). The summed E-state index contributed by atoms with van der Waals surface area (Å²) >= 11 is 0. The standard InChI is InChI=1S/C14H29NO2/c1-13(2,3)12-5-7-14(16,8-6-12)11-15-9-10-17-4/h12,15-16H,5-11H2,1-4H3. The van der Waals surface area contributed by atoms with Crippen molar-refractivity contribution in [3.8, 4) is 0 Å². The van der Waals surface area contributed by atoms with Gasteiger partial charge in [-0.05, 0) is 37.0 Å². The van der Waals surface area contributed by atoms with E-state index in [0.29, 0.717) is 18.6 Å². The van der Waals surface area contributed by atoms with Crippen LogP contribution in [0.4, 0.5) is 0 Å². The van der Waals surface area contributed by atoms with E-state index in [1.54, 1.807) is 7.11 Å². The van der Waals surface area contributed by atoms with Crippen molar-refractivity contribution in [2.45, 2.75) is 52.1 Å². The zero-order valence-corrected chi connectivity index (χ0v) is 11.9. The Hall–Kier alpha value is -0.120. The SMILES string of the molecule is COCCNCC1(O)CCC(C(C)(C)C)CC1. The molecule has 0 amide bonds. The molecule has 0 atom stereocenters. The maximum Gasteiger partial charge on any atom is 0.0771 e. The van der Waals surface area contributed by atoms with Gasteiger partial charge in [0.15, 0.2) is 0 Å². The predicted octanol–water partition coefficient (Wildman–Crippen LogP) is 2.19. The summed E-state index contributed by atoms with van der Waals surface area (Å²) in [5.74, 6) is 0.752. The van der Waals surface area contributed by atoms with Crippen molar-refractivity contribution in [2.24, 2.45) is 11.3 Å². The van der Waals surface area contributed by atoms with Crippen LogP contribution in [0.3, 0.4) is 0 Å². The van der Waals surface area contributed by atoms with Gasteiger partial charge < -0.3 is 15.2 Å². The minimum atomic E-state index is -0.491. The van der Waals surface area contributed by atoms with E-state index in [4.69, 9.17) is 4.74 Å². The van der Waals surface area contributed by atoms with Crippen LogP contribution >= 0.6 is 0 Å². The fraction of sp³-hybridized carbons (Fsp3) is 1.00. The first kappa shape index (κ1) is 14.9. The van der Waals surface area contributed by atoms with E-state index in [-0.39, 0.29) is 0 Å². The van der Waals surface area contributed by atoms with Gasteiger partial charge in [0, 0.05) is 20.2 Å². The lowest BCUT2D eigenvalue weighted by Crippen LogP contribution is -2.45. The lowest BCUT2D eigenvalue weighted by molar-refractivity contribution is -0.0243. The van der Waals surface area contributed by atoms with E-state index in [2.05, 4.69) is 26.1 Å². The Morgan fingerprint density at radius 2 is 1.88 bits per heavy atom. The molecular formula is C14H29NO2. The van der Waals surface area contributed by atoms with Crippen molar-refractivity contribution in [1.29, 1.82) is 0 Å². The van der Waals surface area contributed by atoms with Crippen molar-refractivity contribution in [3.05, 3.63) is 0 Å². The molecule has 1 aliphatic carbocycles. The maximum atomic E-state index is 10.5. The summed E-state index contributed by atoms with van der Waals surface area (Å²) in [6, 6.07) is 0. The lowest BCUT2D eigenvalue weighted by Gasteiger charge is -2.41. The Morgan fingerprint density at radius 3 is 2.35 bits per heavy atom. The number of ether oxygens (including phenoxy) is 1. The first-order valence-electron chi connectivity index (χ1n) is 6.79. The summed E-state index contributed by atoms with van der Waals surface area (Å²) in [6.45, 7) is 9.14. The molecule has 3 heteroatoms. The molecule has 0 aromatic rings. The number of aliphatic hydroxyl groups is 1. The van der Waals surface area contributed by atoms with Gasteiger partial charge in [-0.1, -0.05) is 20.8 Å². The third kappa shape index (κ3) is 4.94. The van der Waals surface area contributed by atoms with Gasteiger partial charge in [0.1, 0.15) is 0 Å². The van der Waals surface area contributed by atoms with E-state index in [1.165, 1.54) is 0 Å². The van der Waals surface area contributed by atoms with E-state index < -0.39 is 5.60 Å². The Bertz CT molecular complexity index is 215. The highest BCUT2D eigenvalue weighted by Crippen LogP contribution is 2.41. The normalized spacial score (nSPS) is 30.5. The Labute approximate surface area is 106 Å². The van der Waals surface area contributed by atoms with Gasteiger partial charge in [0.2, 0.25) is 0 Å². The zero-order chi connectivity index (χ0) is 12.9. The van der Waals surface area contributed by atoms with Gasteiger partial charge in [-0.15, -0.1) is 0 Å². The van der Waals surface area contributed by atoms with Crippen LogP contribution in [0.25, 0.3) is 0 Å². The molecule has 3 nitrogen and oxygen atoms in total. The molecule has 17 heavy (non-hydrogen) atoms. The molecule has 1 aliphatic rings. The predicted molar refractivity (Wildman–Crippen MR) is 71.1 cm³/mol. The van der Waals surface area contributed by atoms with Gasteiger partial charge in [-0.2, -0.15) is 0 Å². The van der Waals surface area contributed by atoms with E-state index in [0.717, 1.165) is 38.1 Å². The smallest absolute Gasteiger partial charge is 0.0771 e. The first-order valence-corrected chi connectivity index (χ1v) is 6.79. The lowest BCUT2D eigenvalue weighted by atomic mass is 9.68. The van der Waals surface area contributed by atoms with Crippen molar-refractivity contribution >= 4 is 0 Å². The molecule has 102 valence electrons. The van der Waals surface area contributed by atoms with Crippen LogP contribution in [-0.2, 0) is 4.74 Å². The Morgan fingerprint density at radius 1 is 1.29 bits per heavy atom. The van der Waals surface area contributed by atoms with Gasteiger partial charge >= 0.3 is 0 Å². The molecule has 0 aliphatic heterocycles. The second kappa shape index (κ2) is 6.17. The number of hydrogen-bond acceptors (Lipinski definition) is 3. The third-order valence-corrected chi connectivity index (χ3v) is 4.08. The highest BCUT2D eigenvalue weighted by atomic mass is 16.5. The fourth-order valence-corrected chi connectivity index (χ4v) is 2.69.